The summed E-state index contributed by atoms with van der Waals surface area (Å²) in [5, 5.41) is 2.63. The van der Waals surface area contributed by atoms with Crippen LogP contribution in [0.2, 0.25) is 0 Å². The summed E-state index contributed by atoms with van der Waals surface area (Å²) in [6.07, 6.45) is 20.3. The fourth-order valence-electron chi connectivity index (χ4n) is 9.36. The second-order valence-corrected chi connectivity index (χ2v) is 15.2. The van der Waals surface area contributed by atoms with Crippen molar-refractivity contribution >= 4 is 45.1 Å². The van der Waals surface area contributed by atoms with E-state index in [-0.39, 0.29) is 0 Å². The Morgan fingerprint density at radius 1 is 0.500 bits per heavy atom. The highest BCUT2D eigenvalue weighted by Gasteiger charge is 2.26. The Balaban J connectivity index is 1.09. The van der Waals surface area contributed by atoms with Gasteiger partial charge in [0.15, 0.2) is 0 Å². The van der Waals surface area contributed by atoms with Crippen molar-refractivity contribution in [3.63, 3.8) is 0 Å². The van der Waals surface area contributed by atoms with Gasteiger partial charge in [0.25, 0.3) is 0 Å². The smallest absolute Gasteiger partial charge is 0.138 e. The first-order valence-corrected chi connectivity index (χ1v) is 20.1. The number of hydrogen-bond acceptors (Lipinski definition) is 1. The molecule has 56 heavy (non-hydrogen) atoms. The van der Waals surface area contributed by atoms with Gasteiger partial charge in [0.2, 0.25) is 0 Å². The number of allylic oxidation sites excluding steroid dienone is 6. The molecule has 3 aromatic heterocycles. The lowest BCUT2D eigenvalue weighted by Crippen LogP contribution is -2.06. The van der Waals surface area contributed by atoms with Crippen molar-refractivity contribution in [1.82, 2.24) is 14.1 Å². The topological polar surface area (TPSA) is 22.8 Å². The maximum Gasteiger partial charge on any atom is 0.138 e. The van der Waals surface area contributed by atoms with Gasteiger partial charge in [0.05, 0.1) is 16.7 Å². The molecule has 0 amide bonds. The average molecular weight is 720 g/mol. The Bertz CT molecular complexity index is 2890. The summed E-state index contributed by atoms with van der Waals surface area (Å²) in [7, 11) is 0. The Hall–Kier alpha value is -6.71. The molecule has 5 aromatic carbocycles. The van der Waals surface area contributed by atoms with Crippen LogP contribution in [0.1, 0.15) is 59.3 Å². The highest BCUT2D eigenvalue weighted by molar-refractivity contribution is 6.06. The highest BCUT2D eigenvalue weighted by atomic mass is 15.1. The van der Waals surface area contributed by atoms with E-state index in [1.165, 1.54) is 83.4 Å². The van der Waals surface area contributed by atoms with E-state index < -0.39 is 0 Å². The molecule has 3 heterocycles. The molecule has 0 saturated heterocycles. The van der Waals surface area contributed by atoms with Crippen molar-refractivity contribution < 1.29 is 0 Å². The van der Waals surface area contributed by atoms with E-state index in [4.69, 9.17) is 4.98 Å². The van der Waals surface area contributed by atoms with Gasteiger partial charge in [-0.15, -0.1) is 0 Å². The Morgan fingerprint density at radius 3 is 2.11 bits per heavy atom. The minimum atomic E-state index is 0.966. The van der Waals surface area contributed by atoms with E-state index in [1.807, 2.05) is 0 Å². The molecular formula is C53H41N3. The maximum atomic E-state index is 5.42. The predicted octanol–water partition coefficient (Wildman–Crippen LogP) is 13.5. The average Bonchev–Trinajstić information content (AvgIpc) is 3.80. The van der Waals surface area contributed by atoms with Gasteiger partial charge in [0, 0.05) is 44.5 Å². The largest absolute Gasteiger partial charge is 0.313 e. The van der Waals surface area contributed by atoms with Crippen LogP contribution in [0, 0.1) is 0 Å². The molecule has 0 radical (unpaired) electrons. The number of hydrogen-bond donors (Lipinski definition) is 0. The number of benzene rings is 5. The molecule has 11 rings (SSSR count). The second kappa shape index (κ2) is 13.5. The molecule has 0 spiro atoms. The first-order valence-electron chi connectivity index (χ1n) is 20.1. The van der Waals surface area contributed by atoms with Gasteiger partial charge in [0.1, 0.15) is 5.82 Å². The molecule has 3 nitrogen and oxygen atoms in total. The summed E-state index contributed by atoms with van der Waals surface area (Å²) in [6, 6.07) is 50.8. The van der Waals surface area contributed by atoms with Crippen LogP contribution in [0.15, 0.2) is 164 Å². The highest BCUT2D eigenvalue weighted by Crippen LogP contribution is 2.44. The van der Waals surface area contributed by atoms with Gasteiger partial charge in [-0.2, -0.15) is 0 Å². The summed E-state index contributed by atoms with van der Waals surface area (Å²) in [4.78, 5) is 5.42. The predicted molar refractivity (Wildman–Crippen MR) is 235 cm³/mol. The molecule has 8 aromatic rings. The molecule has 0 aliphatic heterocycles. The van der Waals surface area contributed by atoms with Crippen LogP contribution in [0.25, 0.3) is 79.0 Å². The van der Waals surface area contributed by atoms with Crippen LogP contribution < -0.4 is 0 Å². The van der Waals surface area contributed by atoms with Crippen molar-refractivity contribution in [3.05, 3.63) is 197 Å². The number of nitrogens with zero attached hydrogens (tertiary/aromatic N) is 3. The van der Waals surface area contributed by atoms with Crippen molar-refractivity contribution in [2.24, 2.45) is 0 Å². The van der Waals surface area contributed by atoms with Crippen molar-refractivity contribution in [1.29, 1.82) is 0 Å². The van der Waals surface area contributed by atoms with Gasteiger partial charge in [-0.1, -0.05) is 134 Å². The van der Waals surface area contributed by atoms with Crippen LogP contribution >= 0.6 is 0 Å². The van der Waals surface area contributed by atoms with Gasteiger partial charge in [-0.05, 0) is 114 Å². The van der Waals surface area contributed by atoms with Crippen LogP contribution in [0.4, 0.5) is 0 Å². The lowest BCUT2D eigenvalue weighted by Gasteiger charge is -2.19. The molecule has 0 atom stereocenters. The van der Waals surface area contributed by atoms with E-state index >= 15 is 0 Å². The number of para-hydroxylation sites is 1. The standard InChI is InChI=1S/C53H41N3/c1-4-16-36(17-5-1)39-22-14-23-42(32-39)55-48-27-12-10-24-44(48)46-33-40(30-31-50(46)55)43-26-15-29-51-53(43)45-25-11-13-28-49(45)56(51)52-35-41(37-18-6-2-7-19-37)34-47(54-52)38-20-8-3-9-21-38/h2-4,6-12,14-27,29,32-35H,1,5,13,28,30-31H2. The SMILES string of the molecule is C1=CC(c2cccc(-n3c4c(c5ccccc53)C=C(c3cccc5c3c3c(n5-c5cc(-c6ccccc6)cc(-c6ccccc6)n5)CCC=C3)CC4)c2)=CCC1. The van der Waals surface area contributed by atoms with E-state index in [9.17, 15) is 0 Å². The van der Waals surface area contributed by atoms with E-state index in [0.717, 1.165) is 55.6 Å². The monoisotopic (exact) mass is 719 g/mol. The first kappa shape index (κ1) is 32.7. The maximum absolute atomic E-state index is 5.42. The first-order chi connectivity index (χ1) is 27.8. The third kappa shape index (κ3) is 5.46. The third-order valence-electron chi connectivity index (χ3n) is 11.9. The Morgan fingerprint density at radius 2 is 1.25 bits per heavy atom. The Labute approximate surface area is 327 Å². The van der Waals surface area contributed by atoms with Crippen LogP contribution in [-0.2, 0) is 12.8 Å². The minimum Gasteiger partial charge on any atom is -0.313 e. The molecule has 0 N–H and O–H groups in total. The zero-order valence-electron chi connectivity index (χ0n) is 31.3. The van der Waals surface area contributed by atoms with E-state index in [0.29, 0.717) is 0 Å². The summed E-state index contributed by atoms with van der Waals surface area (Å²) < 4.78 is 4.98. The lowest BCUT2D eigenvalue weighted by atomic mass is 9.88. The second-order valence-electron chi connectivity index (χ2n) is 15.2. The molecule has 0 unspecified atom stereocenters. The van der Waals surface area contributed by atoms with E-state index in [1.54, 1.807) is 0 Å². The summed E-state index contributed by atoms with van der Waals surface area (Å²) in [5.41, 5.74) is 18.9. The normalized spacial score (nSPS) is 14.8. The van der Waals surface area contributed by atoms with Crippen LogP contribution in [0.5, 0.6) is 0 Å². The number of aromatic nitrogens is 3. The molecule has 0 bridgehead atoms. The molecule has 0 fully saturated rings. The minimum absolute atomic E-state index is 0.966. The Kier molecular flexibility index (Phi) is 7.91. The molecule has 0 saturated carbocycles. The molecule has 3 aliphatic rings. The van der Waals surface area contributed by atoms with Gasteiger partial charge in [-0.3, -0.25) is 4.57 Å². The molecular weight excluding hydrogens is 679 g/mol. The van der Waals surface area contributed by atoms with Crippen LogP contribution in [0.3, 0.4) is 0 Å². The zero-order chi connectivity index (χ0) is 37.0. The summed E-state index contributed by atoms with van der Waals surface area (Å²) in [5.74, 6) is 0.966. The number of rotatable bonds is 6. The van der Waals surface area contributed by atoms with Gasteiger partial charge < -0.3 is 4.57 Å². The zero-order valence-corrected chi connectivity index (χ0v) is 31.3. The summed E-state index contributed by atoms with van der Waals surface area (Å²) in [6.45, 7) is 0. The quantitative estimate of drug-likeness (QED) is 0.168. The number of pyridine rings is 1. The van der Waals surface area contributed by atoms with Crippen molar-refractivity contribution in [2.45, 2.75) is 38.5 Å². The van der Waals surface area contributed by atoms with Crippen LogP contribution in [-0.4, -0.2) is 14.1 Å². The fourth-order valence-corrected chi connectivity index (χ4v) is 9.36. The van der Waals surface area contributed by atoms with Gasteiger partial charge in [-0.25, -0.2) is 4.98 Å². The van der Waals surface area contributed by atoms with Crippen molar-refractivity contribution in [2.75, 3.05) is 0 Å². The fraction of sp³-hybridized carbons (Fsp3) is 0.113. The molecule has 3 aliphatic carbocycles. The number of fused-ring (bicyclic) bond motifs is 6. The summed E-state index contributed by atoms with van der Waals surface area (Å²) >= 11 is 0. The lowest BCUT2D eigenvalue weighted by molar-refractivity contribution is 0.872. The third-order valence-corrected chi connectivity index (χ3v) is 11.9. The molecule has 3 heteroatoms. The van der Waals surface area contributed by atoms with Crippen molar-refractivity contribution in [3.8, 4) is 33.9 Å². The van der Waals surface area contributed by atoms with E-state index in [2.05, 4.69) is 185 Å². The van der Waals surface area contributed by atoms with Gasteiger partial charge >= 0.3 is 0 Å². The molecule has 268 valence electrons.